The first-order chi connectivity index (χ1) is 11.0. The minimum atomic E-state index is -0.217. The second kappa shape index (κ2) is 6.14. The summed E-state index contributed by atoms with van der Waals surface area (Å²) in [6.07, 6.45) is 1.65. The quantitative estimate of drug-likeness (QED) is 0.679. The highest BCUT2D eigenvalue weighted by atomic mass is 35.5. The topological polar surface area (TPSA) is 74.0 Å². The number of nitrogens with one attached hydrogen (secondary N) is 3. The molecule has 0 aliphatic carbocycles. The molecule has 1 aromatic heterocycles. The Morgan fingerprint density at radius 3 is 2.30 bits per heavy atom. The van der Waals surface area contributed by atoms with E-state index in [0.717, 1.165) is 10.9 Å². The minimum Gasteiger partial charge on any atom is -0.360 e. The standard InChI is InChI=1S/C17H14ClN3O2/c1-10(22)20-12-3-5-13(6-4-12)21-17(23)15-9-19-16-8-11(18)2-7-14(15)16/h2-9,19H,1H3,(H,20,22)(H,21,23). The van der Waals surface area contributed by atoms with Crippen molar-refractivity contribution in [2.45, 2.75) is 6.92 Å². The molecule has 23 heavy (non-hydrogen) atoms. The van der Waals surface area contributed by atoms with Crippen molar-refractivity contribution in [3.8, 4) is 0 Å². The average molecular weight is 328 g/mol. The van der Waals surface area contributed by atoms with E-state index in [-0.39, 0.29) is 11.8 Å². The zero-order valence-corrected chi connectivity index (χ0v) is 13.1. The Balaban J connectivity index is 1.79. The monoisotopic (exact) mass is 327 g/mol. The summed E-state index contributed by atoms with van der Waals surface area (Å²) in [5.41, 5.74) is 2.68. The number of hydrogen-bond acceptors (Lipinski definition) is 2. The molecule has 3 aromatic rings. The SMILES string of the molecule is CC(=O)Nc1ccc(NC(=O)c2c[nH]c3cc(Cl)ccc23)cc1. The van der Waals surface area contributed by atoms with Gasteiger partial charge in [0.2, 0.25) is 5.91 Å². The lowest BCUT2D eigenvalue weighted by Gasteiger charge is -2.06. The molecule has 0 bridgehead atoms. The van der Waals surface area contributed by atoms with Gasteiger partial charge in [-0.05, 0) is 36.4 Å². The molecule has 0 radical (unpaired) electrons. The van der Waals surface area contributed by atoms with Crippen LogP contribution in [0.5, 0.6) is 0 Å². The molecule has 116 valence electrons. The number of H-pyrrole nitrogens is 1. The van der Waals surface area contributed by atoms with Crippen molar-refractivity contribution in [1.82, 2.24) is 4.98 Å². The number of aromatic amines is 1. The van der Waals surface area contributed by atoms with Crippen LogP contribution < -0.4 is 10.6 Å². The van der Waals surface area contributed by atoms with E-state index in [9.17, 15) is 9.59 Å². The lowest BCUT2D eigenvalue weighted by molar-refractivity contribution is -0.114. The van der Waals surface area contributed by atoms with Gasteiger partial charge in [0.15, 0.2) is 0 Å². The smallest absolute Gasteiger partial charge is 0.257 e. The zero-order chi connectivity index (χ0) is 16.4. The van der Waals surface area contributed by atoms with Crippen LogP contribution in [0.25, 0.3) is 10.9 Å². The Labute approximate surface area is 137 Å². The summed E-state index contributed by atoms with van der Waals surface area (Å²) in [6.45, 7) is 1.44. The van der Waals surface area contributed by atoms with Crippen LogP contribution in [0.3, 0.4) is 0 Å². The number of halogens is 1. The Kier molecular flexibility index (Phi) is 4.04. The van der Waals surface area contributed by atoms with Crippen molar-refractivity contribution in [2.75, 3.05) is 10.6 Å². The normalized spacial score (nSPS) is 10.5. The van der Waals surface area contributed by atoms with Crippen molar-refractivity contribution < 1.29 is 9.59 Å². The van der Waals surface area contributed by atoms with E-state index < -0.39 is 0 Å². The van der Waals surface area contributed by atoms with Crippen LogP contribution in [-0.4, -0.2) is 16.8 Å². The summed E-state index contributed by atoms with van der Waals surface area (Å²) >= 11 is 5.94. The Morgan fingerprint density at radius 1 is 1.00 bits per heavy atom. The van der Waals surface area contributed by atoms with Gasteiger partial charge in [0.1, 0.15) is 0 Å². The number of fused-ring (bicyclic) bond motifs is 1. The van der Waals surface area contributed by atoms with Crippen LogP contribution >= 0.6 is 11.6 Å². The van der Waals surface area contributed by atoms with Crippen molar-refractivity contribution in [2.24, 2.45) is 0 Å². The second-order valence-electron chi connectivity index (χ2n) is 5.10. The molecule has 6 heteroatoms. The van der Waals surface area contributed by atoms with E-state index in [2.05, 4.69) is 15.6 Å². The first-order valence-corrected chi connectivity index (χ1v) is 7.36. The fourth-order valence-corrected chi connectivity index (χ4v) is 2.50. The van der Waals surface area contributed by atoms with Crippen LogP contribution in [0.4, 0.5) is 11.4 Å². The summed E-state index contributed by atoms with van der Waals surface area (Å²) in [5.74, 6) is -0.356. The van der Waals surface area contributed by atoms with Crippen molar-refractivity contribution in [3.63, 3.8) is 0 Å². The number of aromatic nitrogens is 1. The third-order valence-electron chi connectivity index (χ3n) is 3.35. The van der Waals surface area contributed by atoms with Gasteiger partial charge in [-0.15, -0.1) is 0 Å². The molecule has 0 aliphatic rings. The van der Waals surface area contributed by atoms with E-state index in [1.54, 1.807) is 42.6 Å². The highest BCUT2D eigenvalue weighted by Gasteiger charge is 2.12. The summed E-state index contributed by atoms with van der Waals surface area (Å²) in [6, 6.07) is 12.2. The third-order valence-corrected chi connectivity index (χ3v) is 3.59. The summed E-state index contributed by atoms with van der Waals surface area (Å²) in [4.78, 5) is 26.4. The number of hydrogen-bond donors (Lipinski definition) is 3. The number of carbonyl (C=O) groups is 2. The lowest BCUT2D eigenvalue weighted by atomic mass is 10.1. The molecular weight excluding hydrogens is 314 g/mol. The molecule has 3 rings (SSSR count). The maximum atomic E-state index is 12.4. The minimum absolute atomic E-state index is 0.140. The molecular formula is C17H14ClN3O2. The van der Waals surface area contributed by atoms with Crippen LogP contribution in [0.15, 0.2) is 48.7 Å². The predicted molar refractivity (Wildman–Crippen MR) is 92.0 cm³/mol. The van der Waals surface area contributed by atoms with E-state index >= 15 is 0 Å². The summed E-state index contributed by atoms with van der Waals surface area (Å²) in [5, 5.41) is 6.92. The molecule has 5 nitrogen and oxygen atoms in total. The van der Waals surface area contributed by atoms with Crippen molar-refractivity contribution in [1.29, 1.82) is 0 Å². The zero-order valence-electron chi connectivity index (χ0n) is 12.3. The maximum absolute atomic E-state index is 12.4. The second-order valence-corrected chi connectivity index (χ2v) is 5.54. The molecule has 2 amide bonds. The average Bonchev–Trinajstić information content (AvgIpc) is 2.91. The van der Waals surface area contributed by atoms with Gasteiger partial charge in [0, 0.05) is 40.4 Å². The van der Waals surface area contributed by atoms with Gasteiger partial charge in [0.05, 0.1) is 5.56 Å². The number of amides is 2. The van der Waals surface area contributed by atoms with Gasteiger partial charge in [-0.25, -0.2) is 0 Å². The van der Waals surface area contributed by atoms with Gasteiger partial charge >= 0.3 is 0 Å². The molecule has 0 fully saturated rings. The largest absolute Gasteiger partial charge is 0.360 e. The molecule has 0 saturated heterocycles. The van der Waals surface area contributed by atoms with Crippen LogP contribution in [0.1, 0.15) is 17.3 Å². The number of anilines is 2. The number of benzene rings is 2. The van der Waals surface area contributed by atoms with Gasteiger partial charge < -0.3 is 15.6 Å². The van der Waals surface area contributed by atoms with Crippen LogP contribution in [0, 0.1) is 0 Å². The molecule has 0 spiro atoms. The van der Waals surface area contributed by atoms with Crippen molar-refractivity contribution >= 4 is 45.7 Å². The summed E-state index contributed by atoms with van der Waals surface area (Å²) in [7, 11) is 0. The fourth-order valence-electron chi connectivity index (χ4n) is 2.32. The number of carbonyl (C=O) groups excluding carboxylic acids is 2. The Morgan fingerprint density at radius 2 is 1.65 bits per heavy atom. The van der Waals surface area contributed by atoms with Crippen LogP contribution in [-0.2, 0) is 4.79 Å². The molecule has 0 saturated carbocycles. The lowest BCUT2D eigenvalue weighted by Crippen LogP contribution is -2.11. The molecule has 2 aromatic carbocycles. The molecule has 0 unspecified atom stereocenters. The van der Waals surface area contributed by atoms with Gasteiger partial charge in [-0.3, -0.25) is 9.59 Å². The fraction of sp³-hybridized carbons (Fsp3) is 0.0588. The van der Waals surface area contributed by atoms with Gasteiger partial charge in [-0.1, -0.05) is 17.7 Å². The molecule has 0 aliphatic heterocycles. The third kappa shape index (κ3) is 3.35. The molecule has 0 atom stereocenters. The first-order valence-electron chi connectivity index (χ1n) is 6.98. The van der Waals surface area contributed by atoms with E-state index in [0.29, 0.717) is 22.0 Å². The maximum Gasteiger partial charge on any atom is 0.257 e. The van der Waals surface area contributed by atoms with E-state index in [1.165, 1.54) is 6.92 Å². The number of rotatable bonds is 3. The van der Waals surface area contributed by atoms with Gasteiger partial charge in [0.25, 0.3) is 5.91 Å². The van der Waals surface area contributed by atoms with Crippen LogP contribution in [0.2, 0.25) is 5.02 Å². The Bertz CT molecular complexity index is 884. The summed E-state index contributed by atoms with van der Waals surface area (Å²) < 4.78 is 0. The van der Waals surface area contributed by atoms with E-state index in [4.69, 9.17) is 11.6 Å². The molecule has 1 heterocycles. The van der Waals surface area contributed by atoms with Gasteiger partial charge in [-0.2, -0.15) is 0 Å². The highest BCUT2D eigenvalue weighted by molar-refractivity contribution is 6.31. The Hall–Kier alpha value is -2.79. The predicted octanol–water partition coefficient (Wildman–Crippen LogP) is 4.03. The molecule has 3 N–H and O–H groups in total. The highest BCUT2D eigenvalue weighted by Crippen LogP contribution is 2.23. The first kappa shape index (κ1) is 15.1. The van der Waals surface area contributed by atoms with Crippen molar-refractivity contribution in [3.05, 3.63) is 59.2 Å². The van der Waals surface area contributed by atoms with E-state index in [1.807, 2.05) is 6.07 Å².